The number of hydrogen-bond donors (Lipinski definition) is 0. The smallest absolute Gasteiger partial charge is 0.316 e. The minimum atomic E-state index is -0.558. The van der Waals surface area contributed by atoms with Crippen LogP contribution in [0.2, 0.25) is 10.0 Å². The van der Waals surface area contributed by atoms with E-state index in [0.29, 0.717) is 15.8 Å². The second-order valence-corrected chi connectivity index (χ2v) is 9.12. The Morgan fingerprint density at radius 2 is 1.72 bits per heavy atom. The molecule has 0 amide bonds. The highest BCUT2D eigenvalue weighted by Gasteiger charge is 2.23. The molecule has 0 fully saturated rings. The van der Waals surface area contributed by atoms with Crippen LogP contribution in [0.1, 0.15) is 20.8 Å². The van der Waals surface area contributed by atoms with Crippen molar-refractivity contribution in [2.24, 2.45) is 5.41 Å². The summed E-state index contributed by atoms with van der Waals surface area (Å²) in [4.78, 5) is 19.0. The van der Waals surface area contributed by atoms with Crippen LogP contribution in [0.15, 0.2) is 36.4 Å². The molecule has 0 radical (unpaired) electrons. The van der Waals surface area contributed by atoms with E-state index in [2.05, 4.69) is 9.47 Å². The number of rotatable bonds is 5. The van der Waals surface area contributed by atoms with Crippen molar-refractivity contribution in [2.45, 2.75) is 27.3 Å². The number of halogens is 2. The van der Waals surface area contributed by atoms with Crippen LogP contribution in [0.25, 0.3) is 22.4 Å². The van der Waals surface area contributed by atoms with Crippen LogP contribution in [0, 0.1) is 5.41 Å². The van der Waals surface area contributed by atoms with Gasteiger partial charge >= 0.3 is 5.97 Å². The van der Waals surface area contributed by atoms with E-state index in [-0.39, 0.29) is 5.97 Å². The topological polar surface area (TPSA) is 47.4 Å². The third-order valence-electron chi connectivity index (χ3n) is 4.50. The molecule has 7 heteroatoms. The van der Waals surface area contributed by atoms with Crippen LogP contribution in [-0.2, 0) is 11.3 Å². The maximum atomic E-state index is 12.1. The van der Waals surface area contributed by atoms with Crippen LogP contribution >= 0.6 is 23.2 Å². The summed E-state index contributed by atoms with van der Waals surface area (Å²) in [6.45, 7) is 7.07. The minimum absolute atomic E-state index is 0.271. The number of aromatic nitrogens is 2. The summed E-state index contributed by atoms with van der Waals surface area (Å²) < 4.78 is 7.59. The largest absolute Gasteiger partial charge is 0.426 e. The third kappa shape index (κ3) is 4.92. The summed E-state index contributed by atoms with van der Waals surface area (Å²) in [6, 6.07) is 11.0. The van der Waals surface area contributed by atoms with Gasteiger partial charge in [-0.3, -0.25) is 4.79 Å². The van der Waals surface area contributed by atoms with Gasteiger partial charge in [-0.2, -0.15) is 0 Å². The molecule has 154 valence electrons. The van der Waals surface area contributed by atoms with Gasteiger partial charge in [0.1, 0.15) is 11.6 Å². The molecule has 1 heterocycles. The first-order valence-electron chi connectivity index (χ1n) is 9.39. The van der Waals surface area contributed by atoms with Crippen LogP contribution < -0.4 is 4.74 Å². The number of hydrogen-bond acceptors (Lipinski definition) is 4. The van der Waals surface area contributed by atoms with Crippen molar-refractivity contribution in [1.29, 1.82) is 0 Å². The number of fused-ring (bicyclic) bond motifs is 1. The first-order valence-corrected chi connectivity index (χ1v) is 10.1. The number of ether oxygens (including phenoxy) is 1. The number of imidazole rings is 1. The zero-order chi connectivity index (χ0) is 21.3. The Balaban J connectivity index is 1.99. The molecule has 5 nitrogen and oxygen atoms in total. The van der Waals surface area contributed by atoms with Crippen LogP contribution in [0.5, 0.6) is 5.75 Å². The summed E-state index contributed by atoms with van der Waals surface area (Å²) >= 11 is 12.4. The van der Waals surface area contributed by atoms with Gasteiger partial charge in [0.2, 0.25) is 0 Å². The number of carbonyl (C=O) groups excluding carboxylic acids is 1. The van der Waals surface area contributed by atoms with E-state index in [1.165, 1.54) is 0 Å². The average Bonchev–Trinajstić information content (AvgIpc) is 2.97. The molecule has 0 saturated carbocycles. The quantitative estimate of drug-likeness (QED) is 0.392. The van der Waals surface area contributed by atoms with Crippen LogP contribution in [0.3, 0.4) is 0 Å². The Kier molecular flexibility index (Phi) is 6.22. The molecule has 0 spiro atoms. The molecular weight excluding hydrogens is 409 g/mol. The first-order chi connectivity index (χ1) is 13.6. The average molecular weight is 434 g/mol. The lowest BCUT2D eigenvalue weighted by Gasteiger charge is -2.16. The standard InChI is InChI=1S/C22H25Cl2N3O2/c1-22(2,3)21(28)29-15-8-6-14(7-9-15)20-25-18-12-16(23)17(24)13-19(18)27(20)11-10-26(4)5/h6-9,12-13H,10-11H2,1-5H3. The maximum absolute atomic E-state index is 12.1. The van der Waals surface area contributed by atoms with Gasteiger partial charge in [0.05, 0.1) is 26.5 Å². The fourth-order valence-corrected chi connectivity index (χ4v) is 3.11. The normalized spacial score (nSPS) is 12.0. The Hall–Kier alpha value is -2.08. The van der Waals surface area contributed by atoms with E-state index in [0.717, 1.165) is 35.5 Å². The van der Waals surface area contributed by atoms with Crippen molar-refractivity contribution in [3.63, 3.8) is 0 Å². The van der Waals surface area contributed by atoms with Gasteiger partial charge in [-0.1, -0.05) is 23.2 Å². The van der Waals surface area contributed by atoms with Crippen LogP contribution in [0.4, 0.5) is 0 Å². The Morgan fingerprint density at radius 1 is 1.10 bits per heavy atom. The molecule has 0 saturated heterocycles. The summed E-state index contributed by atoms with van der Waals surface area (Å²) in [5.74, 6) is 1.05. The van der Waals surface area contributed by atoms with Crippen molar-refractivity contribution in [3.05, 3.63) is 46.4 Å². The predicted octanol–water partition coefficient (Wildman–Crippen LogP) is 5.52. The third-order valence-corrected chi connectivity index (χ3v) is 5.22. The molecular formula is C22H25Cl2N3O2. The number of esters is 1. The first kappa shape index (κ1) is 21.6. The molecule has 0 aliphatic rings. The molecule has 3 aromatic rings. The molecule has 0 aliphatic carbocycles. The van der Waals surface area contributed by atoms with E-state index in [1.807, 2.05) is 53.1 Å². The lowest BCUT2D eigenvalue weighted by Crippen LogP contribution is -2.25. The van der Waals surface area contributed by atoms with Gasteiger partial charge in [-0.25, -0.2) is 4.98 Å². The molecule has 29 heavy (non-hydrogen) atoms. The number of likely N-dealkylation sites (N-methyl/N-ethyl adjacent to an activating group) is 1. The minimum Gasteiger partial charge on any atom is -0.426 e. The zero-order valence-electron chi connectivity index (χ0n) is 17.3. The van der Waals surface area contributed by atoms with Crippen molar-refractivity contribution in [1.82, 2.24) is 14.5 Å². The van der Waals surface area contributed by atoms with Gasteiger partial charge in [0.25, 0.3) is 0 Å². The maximum Gasteiger partial charge on any atom is 0.316 e. The number of nitrogens with zero attached hydrogens (tertiary/aromatic N) is 3. The van der Waals surface area contributed by atoms with Crippen molar-refractivity contribution in [2.75, 3.05) is 20.6 Å². The van der Waals surface area contributed by atoms with E-state index in [1.54, 1.807) is 18.2 Å². The fraction of sp³-hybridized carbons (Fsp3) is 0.364. The van der Waals surface area contributed by atoms with Crippen molar-refractivity contribution in [3.8, 4) is 17.1 Å². The highest BCUT2D eigenvalue weighted by molar-refractivity contribution is 6.42. The molecule has 0 aliphatic heterocycles. The predicted molar refractivity (Wildman–Crippen MR) is 119 cm³/mol. The molecule has 3 rings (SSSR count). The fourth-order valence-electron chi connectivity index (χ4n) is 2.80. The molecule has 0 bridgehead atoms. The van der Waals surface area contributed by atoms with E-state index in [9.17, 15) is 4.79 Å². The Morgan fingerprint density at radius 3 is 2.31 bits per heavy atom. The summed E-state index contributed by atoms with van der Waals surface area (Å²) in [6.07, 6.45) is 0. The summed E-state index contributed by atoms with van der Waals surface area (Å²) in [5, 5.41) is 0.980. The second-order valence-electron chi connectivity index (χ2n) is 8.31. The van der Waals surface area contributed by atoms with Gasteiger partial charge < -0.3 is 14.2 Å². The highest BCUT2D eigenvalue weighted by atomic mass is 35.5. The lowest BCUT2D eigenvalue weighted by molar-refractivity contribution is -0.142. The van der Waals surface area contributed by atoms with Gasteiger partial charge in [0.15, 0.2) is 0 Å². The molecule has 1 aromatic heterocycles. The van der Waals surface area contributed by atoms with Gasteiger partial charge in [-0.15, -0.1) is 0 Å². The van der Waals surface area contributed by atoms with Crippen molar-refractivity contribution < 1.29 is 9.53 Å². The molecule has 2 aromatic carbocycles. The summed E-state index contributed by atoms with van der Waals surface area (Å²) in [7, 11) is 4.06. The van der Waals surface area contributed by atoms with Gasteiger partial charge in [-0.05, 0) is 71.3 Å². The SMILES string of the molecule is CN(C)CCn1c(-c2ccc(OC(=O)C(C)(C)C)cc2)nc2cc(Cl)c(Cl)cc21. The van der Waals surface area contributed by atoms with Crippen LogP contribution in [-0.4, -0.2) is 41.1 Å². The zero-order valence-corrected chi connectivity index (χ0v) is 18.8. The van der Waals surface area contributed by atoms with Crippen molar-refractivity contribution >= 4 is 40.2 Å². The highest BCUT2D eigenvalue weighted by Crippen LogP contribution is 2.32. The Bertz CT molecular complexity index is 1030. The van der Waals surface area contributed by atoms with E-state index in [4.69, 9.17) is 32.9 Å². The van der Waals surface area contributed by atoms with E-state index >= 15 is 0 Å². The van der Waals surface area contributed by atoms with E-state index < -0.39 is 5.41 Å². The summed E-state index contributed by atoms with van der Waals surface area (Å²) in [5.41, 5.74) is 2.08. The monoisotopic (exact) mass is 433 g/mol. The molecule has 0 atom stereocenters. The lowest BCUT2D eigenvalue weighted by atomic mass is 9.97. The molecule has 0 unspecified atom stereocenters. The molecule has 0 N–H and O–H groups in total. The number of carbonyl (C=O) groups is 1. The van der Waals surface area contributed by atoms with Gasteiger partial charge in [0, 0.05) is 18.7 Å². The Labute approximate surface area is 181 Å². The second kappa shape index (κ2) is 8.34. The number of benzene rings is 2.